The molecule has 1 aliphatic carbocycles. The maximum atomic E-state index is 5.99. The molecular formula is C11H15N. The van der Waals surface area contributed by atoms with E-state index in [-0.39, 0.29) is 0 Å². The topological polar surface area (TPSA) is 26.0 Å². The number of fused-ring (bicyclic) bond motifs is 1. The number of rotatable bonds is 2. The molecule has 0 spiro atoms. The zero-order valence-corrected chi connectivity index (χ0v) is 7.46. The highest BCUT2D eigenvalue weighted by Gasteiger charge is 2.29. The molecule has 1 aromatic rings. The van der Waals surface area contributed by atoms with E-state index in [1.54, 1.807) is 0 Å². The Labute approximate surface area is 73.6 Å². The van der Waals surface area contributed by atoms with E-state index in [0.29, 0.717) is 12.0 Å². The summed E-state index contributed by atoms with van der Waals surface area (Å²) in [7, 11) is 0. The third-order valence-electron chi connectivity index (χ3n) is 2.88. The maximum absolute atomic E-state index is 5.99. The fraction of sp³-hybridized carbons (Fsp3) is 0.455. The molecule has 0 heterocycles. The highest BCUT2D eigenvalue weighted by Crippen LogP contribution is 2.37. The van der Waals surface area contributed by atoms with Crippen molar-refractivity contribution >= 4 is 0 Å². The predicted octanol–water partition coefficient (Wildman–Crippen LogP) is 2.06. The molecular weight excluding hydrogens is 146 g/mol. The van der Waals surface area contributed by atoms with Crippen LogP contribution in [0.4, 0.5) is 0 Å². The van der Waals surface area contributed by atoms with Crippen molar-refractivity contribution in [1.29, 1.82) is 0 Å². The van der Waals surface area contributed by atoms with Crippen molar-refractivity contribution in [2.45, 2.75) is 31.7 Å². The Morgan fingerprint density at radius 2 is 2.25 bits per heavy atom. The lowest BCUT2D eigenvalue weighted by molar-refractivity contribution is 0.472. The largest absolute Gasteiger partial charge is 0.327 e. The van der Waals surface area contributed by atoms with Crippen molar-refractivity contribution in [3.8, 4) is 0 Å². The van der Waals surface area contributed by atoms with Gasteiger partial charge in [0, 0.05) is 12.0 Å². The first-order chi connectivity index (χ1) is 5.83. The Kier molecular flexibility index (Phi) is 1.89. The molecule has 0 amide bonds. The Hall–Kier alpha value is -0.820. The van der Waals surface area contributed by atoms with Crippen molar-refractivity contribution in [3.63, 3.8) is 0 Å². The Morgan fingerprint density at radius 3 is 2.92 bits per heavy atom. The lowest BCUT2D eigenvalue weighted by Crippen LogP contribution is -2.34. The fourth-order valence-electron chi connectivity index (χ4n) is 1.96. The van der Waals surface area contributed by atoms with Crippen LogP contribution in [0.15, 0.2) is 24.3 Å². The molecule has 1 nitrogen and oxygen atoms in total. The van der Waals surface area contributed by atoms with Crippen LogP contribution in [0.5, 0.6) is 0 Å². The molecule has 0 bridgehead atoms. The van der Waals surface area contributed by atoms with Gasteiger partial charge in [-0.15, -0.1) is 0 Å². The molecule has 0 saturated carbocycles. The monoisotopic (exact) mass is 161 g/mol. The first-order valence-electron chi connectivity index (χ1n) is 4.66. The normalized spacial score (nSPS) is 22.7. The summed E-state index contributed by atoms with van der Waals surface area (Å²) in [4.78, 5) is 0. The van der Waals surface area contributed by atoms with Crippen LogP contribution in [0.2, 0.25) is 0 Å². The highest BCUT2D eigenvalue weighted by molar-refractivity contribution is 5.40. The minimum atomic E-state index is 0.361. The van der Waals surface area contributed by atoms with Gasteiger partial charge in [0.25, 0.3) is 0 Å². The van der Waals surface area contributed by atoms with Crippen LogP contribution >= 0.6 is 0 Å². The quantitative estimate of drug-likeness (QED) is 0.706. The van der Waals surface area contributed by atoms with E-state index in [1.165, 1.54) is 17.5 Å². The summed E-state index contributed by atoms with van der Waals surface area (Å²) >= 11 is 0. The van der Waals surface area contributed by atoms with Crippen LogP contribution in [0.1, 0.15) is 30.4 Å². The zero-order chi connectivity index (χ0) is 8.55. The average Bonchev–Trinajstić information content (AvgIpc) is 2.07. The molecule has 0 radical (unpaired) electrons. The van der Waals surface area contributed by atoms with Gasteiger partial charge in [-0.25, -0.2) is 0 Å². The minimum absolute atomic E-state index is 0.361. The first kappa shape index (κ1) is 7.81. The van der Waals surface area contributed by atoms with Crippen LogP contribution in [-0.2, 0) is 6.42 Å². The molecule has 0 aliphatic heterocycles. The lowest BCUT2D eigenvalue weighted by atomic mass is 9.73. The molecule has 12 heavy (non-hydrogen) atoms. The van der Waals surface area contributed by atoms with E-state index >= 15 is 0 Å². The Bertz CT molecular complexity index is 280. The van der Waals surface area contributed by atoms with E-state index in [1.807, 2.05) is 0 Å². The molecule has 64 valence electrons. The van der Waals surface area contributed by atoms with Gasteiger partial charge >= 0.3 is 0 Å². The summed E-state index contributed by atoms with van der Waals surface area (Å²) in [5, 5.41) is 0. The molecule has 0 aromatic heterocycles. The van der Waals surface area contributed by atoms with Crippen LogP contribution in [0, 0.1) is 0 Å². The van der Waals surface area contributed by atoms with Gasteiger partial charge in [-0.3, -0.25) is 0 Å². The van der Waals surface area contributed by atoms with Crippen LogP contribution in [0.3, 0.4) is 0 Å². The smallest absolute Gasteiger partial charge is 0.0108 e. The summed E-state index contributed by atoms with van der Waals surface area (Å²) < 4.78 is 0. The van der Waals surface area contributed by atoms with Crippen LogP contribution < -0.4 is 5.73 Å². The Balaban J connectivity index is 2.19. The molecule has 1 unspecified atom stereocenters. The molecule has 2 atom stereocenters. The van der Waals surface area contributed by atoms with Gasteiger partial charge in [0.15, 0.2) is 0 Å². The van der Waals surface area contributed by atoms with Gasteiger partial charge < -0.3 is 5.73 Å². The highest BCUT2D eigenvalue weighted by atomic mass is 14.7. The SMILES string of the molecule is CC[C@@H](N)C1Cc2ccccc21. The van der Waals surface area contributed by atoms with E-state index in [9.17, 15) is 0 Å². The second-order valence-electron chi connectivity index (χ2n) is 3.58. The van der Waals surface area contributed by atoms with Gasteiger partial charge in [0.2, 0.25) is 0 Å². The van der Waals surface area contributed by atoms with Gasteiger partial charge in [-0.1, -0.05) is 31.2 Å². The van der Waals surface area contributed by atoms with Crippen molar-refractivity contribution in [2.75, 3.05) is 0 Å². The molecule has 1 aliphatic rings. The molecule has 1 aromatic carbocycles. The van der Waals surface area contributed by atoms with Crippen molar-refractivity contribution in [2.24, 2.45) is 5.73 Å². The van der Waals surface area contributed by atoms with E-state index in [2.05, 4.69) is 31.2 Å². The van der Waals surface area contributed by atoms with Crippen LogP contribution in [-0.4, -0.2) is 6.04 Å². The summed E-state index contributed by atoms with van der Waals surface area (Å²) in [6.07, 6.45) is 2.27. The second kappa shape index (κ2) is 2.91. The fourth-order valence-corrected chi connectivity index (χ4v) is 1.96. The molecule has 2 rings (SSSR count). The molecule has 2 N–H and O–H groups in total. The number of nitrogens with two attached hydrogens (primary N) is 1. The van der Waals surface area contributed by atoms with Gasteiger partial charge in [0.05, 0.1) is 0 Å². The number of hydrogen-bond acceptors (Lipinski definition) is 1. The third kappa shape index (κ3) is 1.05. The third-order valence-corrected chi connectivity index (χ3v) is 2.88. The summed E-state index contributed by atoms with van der Waals surface area (Å²) in [6, 6.07) is 8.98. The van der Waals surface area contributed by atoms with E-state index < -0.39 is 0 Å². The predicted molar refractivity (Wildman–Crippen MR) is 51.2 cm³/mol. The molecule has 0 saturated heterocycles. The average molecular weight is 161 g/mol. The molecule has 0 fully saturated rings. The number of benzene rings is 1. The minimum Gasteiger partial charge on any atom is -0.327 e. The van der Waals surface area contributed by atoms with Crippen molar-refractivity contribution in [1.82, 2.24) is 0 Å². The van der Waals surface area contributed by atoms with Gasteiger partial charge in [-0.05, 0) is 24.0 Å². The first-order valence-corrected chi connectivity index (χ1v) is 4.66. The second-order valence-corrected chi connectivity index (χ2v) is 3.58. The zero-order valence-electron chi connectivity index (χ0n) is 7.46. The lowest BCUT2D eigenvalue weighted by Gasteiger charge is -2.34. The number of hydrogen-bond donors (Lipinski definition) is 1. The maximum Gasteiger partial charge on any atom is 0.0108 e. The van der Waals surface area contributed by atoms with E-state index in [4.69, 9.17) is 5.73 Å². The van der Waals surface area contributed by atoms with Crippen LogP contribution in [0.25, 0.3) is 0 Å². The van der Waals surface area contributed by atoms with Gasteiger partial charge in [-0.2, -0.15) is 0 Å². The Morgan fingerprint density at radius 1 is 1.50 bits per heavy atom. The molecule has 1 heteroatoms. The standard InChI is InChI=1S/C11H15N/c1-2-11(12)10-7-8-5-3-4-6-9(8)10/h3-6,10-11H,2,7,12H2,1H3/t10?,11-/m1/s1. The van der Waals surface area contributed by atoms with Gasteiger partial charge in [0.1, 0.15) is 0 Å². The van der Waals surface area contributed by atoms with E-state index in [0.717, 1.165) is 6.42 Å². The van der Waals surface area contributed by atoms with Crippen molar-refractivity contribution in [3.05, 3.63) is 35.4 Å². The summed E-state index contributed by atoms with van der Waals surface area (Å²) in [6.45, 7) is 2.16. The summed E-state index contributed by atoms with van der Waals surface area (Å²) in [5.74, 6) is 0.631. The van der Waals surface area contributed by atoms with Crippen molar-refractivity contribution < 1.29 is 0 Å². The summed E-state index contributed by atoms with van der Waals surface area (Å²) in [5.41, 5.74) is 8.96.